The second kappa shape index (κ2) is 5.88. The van der Waals surface area contributed by atoms with Crippen molar-refractivity contribution in [2.24, 2.45) is 0 Å². The van der Waals surface area contributed by atoms with Crippen LogP contribution in [-0.4, -0.2) is 30.2 Å². The molecule has 3 heterocycles. The first-order valence-corrected chi connectivity index (χ1v) is 8.00. The minimum Gasteiger partial charge on any atom is -0.494 e. The van der Waals surface area contributed by atoms with Crippen LogP contribution in [-0.2, 0) is 0 Å². The summed E-state index contributed by atoms with van der Waals surface area (Å²) in [7, 11) is 1.71. The molecule has 4 nitrogen and oxygen atoms in total. The summed E-state index contributed by atoms with van der Waals surface area (Å²) in [5.74, 6) is 0.821. The van der Waals surface area contributed by atoms with E-state index in [9.17, 15) is 0 Å². The molecule has 1 aliphatic heterocycles. The van der Waals surface area contributed by atoms with E-state index in [2.05, 4.69) is 28.1 Å². The van der Waals surface area contributed by atoms with Gasteiger partial charge in [0.25, 0.3) is 0 Å². The van der Waals surface area contributed by atoms with E-state index in [1.54, 1.807) is 13.3 Å². The van der Waals surface area contributed by atoms with Crippen molar-refractivity contribution < 1.29 is 4.74 Å². The molecule has 0 aliphatic carbocycles. The average Bonchev–Trinajstić information content (AvgIpc) is 3.16. The van der Waals surface area contributed by atoms with Gasteiger partial charge in [-0.2, -0.15) is 0 Å². The average molecular weight is 305 g/mol. The Labute approximate surface area is 135 Å². The van der Waals surface area contributed by atoms with E-state index in [-0.39, 0.29) is 0 Å². The third-order valence-corrected chi connectivity index (χ3v) is 4.36. The summed E-state index contributed by atoms with van der Waals surface area (Å²) in [4.78, 5) is 11.6. The van der Waals surface area contributed by atoms with Crippen molar-refractivity contribution in [1.29, 1.82) is 0 Å². The van der Waals surface area contributed by atoms with E-state index >= 15 is 0 Å². The quantitative estimate of drug-likeness (QED) is 0.735. The number of aromatic nitrogens is 2. The molecule has 1 aliphatic rings. The molecule has 4 rings (SSSR count). The number of pyridine rings is 2. The maximum atomic E-state index is 5.61. The van der Waals surface area contributed by atoms with Gasteiger partial charge in [0.2, 0.25) is 0 Å². The van der Waals surface area contributed by atoms with Crippen molar-refractivity contribution in [3.63, 3.8) is 0 Å². The van der Waals surface area contributed by atoms with Crippen LogP contribution >= 0.6 is 0 Å². The molecule has 0 unspecified atom stereocenters. The van der Waals surface area contributed by atoms with Crippen LogP contribution in [0.1, 0.15) is 12.8 Å². The highest BCUT2D eigenvalue weighted by molar-refractivity contribution is 5.90. The molecule has 0 N–H and O–H groups in total. The van der Waals surface area contributed by atoms with Crippen LogP contribution < -0.4 is 9.64 Å². The maximum Gasteiger partial charge on any atom is 0.147 e. The second-order valence-corrected chi connectivity index (χ2v) is 5.83. The van der Waals surface area contributed by atoms with Gasteiger partial charge in [0.1, 0.15) is 11.3 Å². The van der Waals surface area contributed by atoms with E-state index in [1.807, 2.05) is 24.3 Å². The maximum absolute atomic E-state index is 5.61. The molecule has 0 saturated carbocycles. The lowest BCUT2D eigenvalue weighted by Crippen LogP contribution is -2.17. The lowest BCUT2D eigenvalue weighted by Gasteiger charge is -2.19. The smallest absolute Gasteiger partial charge is 0.147 e. The largest absolute Gasteiger partial charge is 0.494 e. The van der Waals surface area contributed by atoms with Crippen LogP contribution in [0, 0.1) is 0 Å². The van der Waals surface area contributed by atoms with Gasteiger partial charge in [-0.15, -0.1) is 0 Å². The molecule has 2 aromatic heterocycles. The molecular formula is C19H19N3O. The lowest BCUT2D eigenvalue weighted by atomic mass is 10.1. The van der Waals surface area contributed by atoms with Crippen LogP contribution in [0.15, 0.2) is 48.7 Å². The number of anilines is 1. The molecule has 1 saturated heterocycles. The molecule has 0 spiro atoms. The molecule has 4 heteroatoms. The Bertz CT molecular complexity index is 827. The minimum atomic E-state index is 0.821. The lowest BCUT2D eigenvalue weighted by molar-refractivity contribution is 0.419. The summed E-state index contributed by atoms with van der Waals surface area (Å²) in [6.45, 7) is 2.24. The second-order valence-electron chi connectivity index (χ2n) is 5.83. The minimum absolute atomic E-state index is 0.821. The molecule has 23 heavy (non-hydrogen) atoms. The molecule has 0 amide bonds. The first-order valence-electron chi connectivity index (χ1n) is 8.00. The fourth-order valence-corrected chi connectivity index (χ4v) is 3.16. The Morgan fingerprint density at radius 3 is 2.61 bits per heavy atom. The predicted octanol–water partition coefficient (Wildman–Crippen LogP) is 3.91. The molecule has 1 fully saturated rings. The summed E-state index contributed by atoms with van der Waals surface area (Å²) in [5.41, 5.74) is 3.85. The van der Waals surface area contributed by atoms with Crippen molar-refractivity contribution in [3.8, 4) is 17.1 Å². The number of ether oxygens (including phenoxy) is 1. The molecular weight excluding hydrogens is 286 g/mol. The summed E-state index contributed by atoms with van der Waals surface area (Å²) >= 11 is 0. The number of rotatable bonds is 3. The standard InChI is InChI=1S/C19H19N3O/c1-23-18-13-15(22-10-4-5-11-22)12-14-7-8-17(21-19(14)18)16-6-2-3-9-20-16/h2-3,6-9,12-13H,4-5,10-11H2,1H3. The summed E-state index contributed by atoms with van der Waals surface area (Å²) in [5, 5.41) is 1.10. The van der Waals surface area contributed by atoms with E-state index in [1.165, 1.54) is 18.5 Å². The van der Waals surface area contributed by atoms with Crippen LogP contribution in [0.25, 0.3) is 22.3 Å². The third-order valence-electron chi connectivity index (χ3n) is 4.36. The summed E-state index contributed by atoms with van der Waals surface area (Å²) in [6, 6.07) is 14.3. The molecule has 0 radical (unpaired) electrons. The van der Waals surface area contributed by atoms with Gasteiger partial charge in [-0.1, -0.05) is 12.1 Å². The fraction of sp³-hybridized carbons (Fsp3) is 0.263. The highest BCUT2D eigenvalue weighted by atomic mass is 16.5. The van der Waals surface area contributed by atoms with E-state index in [0.29, 0.717) is 0 Å². The first-order chi connectivity index (χ1) is 11.3. The number of benzene rings is 1. The SMILES string of the molecule is COc1cc(N2CCCC2)cc2ccc(-c3ccccn3)nc12. The third kappa shape index (κ3) is 2.61. The topological polar surface area (TPSA) is 38.2 Å². The van der Waals surface area contributed by atoms with Gasteiger partial charge in [-0.3, -0.25) is 4.98 Å². The zero-order valence-corrected chi connectivity index (χ0v) is 13.2. The molecule has 0 atom stereocenters. The Morgan fingerprint density at radius 1 is 1.00 bits per heavy atom. The zero-order valence-electron chi connectivity index (χ0n) is 13.2. The van der Waals surface area contributed by atoms with Crippen molar-refractivity contribution in [1.82, 2.24) is 9.97 Å². The van der Waals surface area contributed by atoms with Crippen LogP contribution in [0.2, 0.25) is 0 Å². The van der Waals surface area contributed by atoms with Crippen molar-refractivity contribution in [2.75, 3.05) is 25.1 Å². The number of hydrogen-bond donors (Lipinski definition) is 0. The Kier molecular flexibility index (Phi) is 3.58. The fourth-order valence-electron chi connectivity index (χ4n) is 3.16. The number of nitrogens with zero attached hydrogens (tertiary/aromatic N) is 3. The number of methoxy groups -OCH3 is 1. The molecule has 0 bridgehead atoms. The van der Waals surface area contributed by atoms with Gasteiger partial charge in [-0.05, 0) is 37.1 Å². The van der Waals surface area contributed by atoms with Gasteiger partial charge >= 0.3 is 0 Å². The monoisotopic (exact) mass is 305 g/mol. The van der Waals surface area contributed by atoms with Crippen molar-refractivity contribution >= 4 is 16.6 Å². The molecule has 116 valence electrons. The Morgan fingerprint density at radius 2 is 1.87 bits per heavy atom. The van der Waals surface area contributed by atoms with Gasteiger partial charge in [0.05, 0.1) is 18.5 Å². The van der Waals surface area contributed by atoms with E-state index < -0.39 is 0 Å². The van der Waals surface area contributed by atoms with Crippen molar-refractivity contribution in [2.45, 2.75) is 12.8 Å². The number of fused-ring (bicyclic) bond motifs is 1. The highest BCUT2D eigenvalue weighted by Crippen LogP contribution is 2.33. The molecule has 3 aromatic rings. The predicted molar refractivity (Wildman–Crippen MR) is 93.0 cm³/mol. The highest BCUT2D eigenvalue weighted by Gasteiger charge is 2.16. The van der Waals surface area contributed by atoms with Crippen LogP contribution in [0.5, 0.6) is 5.75 Å². The first kappa shape index (κ1) is 14.0. The van der Waals surface area contributed by atoms with Crippen molar-refractivity contribution in [3.05, 3.63) is 48.7 Å². The van der Waals surface area contributed by atoms with Gasteiger partial charge in [0.15, 0.2) is 0 Å². The normalized spacial score (nSPS) is 14.4. The van der Waals surface area contributed by atoms with E-state index in [0.717, 1.165) is 41.1 Å². The van der Waals surface area contributed by atoms with Gasteiger partial charge < -0.3 is 9.64 Å². The van der Waals surface area contributed by atoms with Gasteiger partial charge in [0, 0.05) is 36.4 Å². The molecule has 1 aromatic carbocycles. The summed E-state index contributed by atoms with van der Waals surface area (Å²) in [6.07, 6.45) is 4.31. The number of hydrogen-bond acceptors (Lipinski definition) is 4. The zero-order chi connectivity index (χ0) is 15.6. The Balaban J connectivity index is 1.83. The van der Waals surface area contributed by atoms with Gasteiger partial charge in [-0.25, -0.2) is 4.98 Å². The van der Waals surface area contributed by atoms with Crippen LogP contribution in [0.3, 0.4) is 0 Å². The van der Waals surface area contributed by atoms with Crippen LogP contribution in [0.4, 0.5) is 5.69 Å². The Hall–Kier alpha value is -2.62. The summed E-state index contributed by atoms with van der Waals surface area (Å²) < 4.78 is 5.61. The van der Waals surface area contributed by atoms with E-state index in [4.69, 9.17) is 9.72 Å².